The van der Waals surface area contributed by atoms with Crippen molar-refractivity contribution < 1.29 is 0 Å². The summed E-state index contributed by atoms with van der Waals surface area (Å²) < 4.78 is 0. The van der Waals surface area contributed by atoms with E-state index in [0.29, 0.717) is 0 Å². The Kier molecular flexibility index (Phi) is 2.93. The van der Waals surface area contributed by atoms with Crippen LogP contribution in [0.4, 0.5) is 5.69 Å². The van der Waals surface area contributed by atoms with Crippen molar-refractivity contribution in [3.8, 4) is 0 Å². The second kappa shape index (κ2) is 4.37. The third kappa shape index (κ3) is 2.23. The van der Waals surface area contributed by atoms with Gasteiger partial charge >= 0.3 is 0 Å². The van der Waals surface area contributed by atoms with Gasteiger partial charge in [0.25, 0.3) is 0 Å². The van der Waals surface area contributed by atoms with Crippen LogP contribution in [0.1, 0.15) is 22.7 Å². The molecule has 0 saturated carbocycles. The van der Waals surface area contributed by atoms with Gasteiger partial charge in [-0.25, -0.2) is 0 Å². The molecule has 2 heteroatoms. The van der Waals surface area contributed by atoms with Gasteiger partial charge < -0.3 is 11.5 Å². The molecule has 1 atom stereocenters. The first kappa shape index (κ1) is 10.7. The minimum Gasteiger partial charge on any atom is -0.399 e. The van der Waals surface area contributed by atoms with Crippen LogP contribution < -0.4 is 11.5 Å². The highest BCUT2D eigenvalue weighted by molar-refractivity contribution is 5.44. The molecule has 2 rings (SSSR count). The van der Waals surface area contributed by atoms with E-state index in [2.05, 4.69) is 31.2 Å². The molecule has 0 saturated heterocycles. The minimum atomic E-state index is -0.107. The van der Waals surface area contributed by atoms with Crippen molar-refractivity contribution in [1.29, 1.82) is 0 Å². The molecular weight excluding hydrogens is 196 g/mol. The highest BCUT2D eigenvalue weighted by atomic mass is 14.6. The van der Waals surface area contributed by atoms with Gasteiger partial charge in [-0.05, 0) is 30.2 Å². The molecule has 2 nitrogen and oxygen atoms in total. The van der Waals surface area contributed by atoms with Crippen molar-refractivity contribution in [3.63, 3.8) is 0 Å². The third-order valence-electron chi connectivity index (χ3n) is 2.71. The quantitative estimate of drug-likeness (QED) is 0.752. The zero-order chi connectivity index (χ0) is 11.5. The second-order valence-corrected chi connectivity index (χ2v) is 4.06. The average Bonchev–Trinajstić information content (AvgIpc) is 2.29. The lowest BCUT2D eigenvalue weighted by Crippen LogP contribution is -2.11. The lowest BCUT2D eigenvalue weighted by Gasteiger charge is -2.13. The minimum absolute atomic E-state index is 0.107. The Hall–Kier alpha value is -1.80. The largest absolute Gasteiger partial charge is 0.399 e. The number of hydrogen-bond acceptors (Lipinski definition) is 2. The van der Waals surface area contributed by atoms with Gasteiger partial charge in [0.05, 0.1) is 6.04 Å². The van der Waals surface area contributed by atoms with Crippen LogP contribution in [0.3, 0.4) is 0 Å². The summed E-state index contributed by atoms with van der Waals surface area (Å²) in [5, 5.41) is 0. The van der Waals surface area contributed by atoms with E-state index < -0.39 is 0 Å². The molecule has 0 aliphatic rings. The van der Waals surface area contributed by atoms with Gasteiger partial charge in [-0.2, -0.15) is 0 Å². The van der Waals surface area contributed by atoms with Crippen LogP contribution in [0.25, 0.3) is 0 Å². The van der Waals surface area contributed by atoms with Gasteiger partial charge in [-0.1, -0.05) is 42.0 Å². The maximum absolute atomic E-state index is 6.18. The Morgan fingerprint density at radius 3 is 2.25 bits per heavy atom. The molecule has 0 heterocycles. The van der Waals surface area contributed by atoms with Gasteiger partial charge in [0, 0.05) is 5.69 Å². The van der Waals surface area contributed by atoms with Crippen molar-refractivity contribution in [2.24, 2.45) is 5.73 Å². The summed E-state index contributed by atoms with van der Waals surface area (Å²) in [5.74, 6) is 0. The molecule has 0 aliphatic carbocycles. The smallest absolute Gasteiger partial charge is 0.0552 e. The van der Waals surface area contributed by atoms with E-state index in [1.165, 1.54) is 5.56 Å². The zero-order valence-electron chi connectivity index (χ0n) is 9.35. The molecule has 1 unspecified atom stereocenters. The summed E-state index contributed by atoms with van der Waals surface area (Å²) in [6.07, 6.45) is 0. The lowest BCUT2D eigenvalue weighted by molar-refractivity contribution is 0.871. The molecule has 4 N–H and O–H groups in total. The SMILES string of the molecule is Cc1ccc(C(N)c2cccc(N)c2)cc1. The van der Waals surface area contributed by atoms with E-state index in [1.807, 2.05) is 24.3 Å². The molecule has 0 bridgehead atoms. The van der Waals surface area contributed by atoms with Crippen LogP contribution in [-0.4, -0.2) is 0 Å². The van der Waals surface area contributed by atoms with E-state index in [1.54, 1.807) is 0 Å². The fourth-order valence-corrected chi connectivity index (χ4v) is 1.72. The maximum Gasteiger partial charge on any atom is 0.0552 e. The molecule has 82 valence electrons. The normalized spacial score (nSPS) is 12.4. The predicted molar refractivity (Wildman–Crippen MR) is 68.1 cm³/mol. The van der Waals surface area contributed by atoms with E-state index in [4.69, 9.17) is 11.5 Å². The number of rotatable bonds is 2. The number of hydrogen-bond donors (Lipinski definition) is 2. The molecule has 0 aliphatic heterocycles. The summed E-state index contributed by atoms with van der Waals surface area (Å²) in [5.41, 5.74) is 16.1. The highest BCUT2D eigenvalue weighted by Crippen LogP contribution is 2.21. The van der Waals surface area contributed by atoms with Gasteiger partial charge in [0.1, 0.15) is 0 Å². The molecule has 0 fully saturated rings. The van der Waals surface area contributed by atoms with Crippen molar-refractivity contribution in [1.82, 2.24) is 0 Å². The van der Waals surface area contributed by atoms with E-state index >= 15 is 0 Å². The fraction of sp³-hybridized carbons (Fsp3) is 0.143. The lowest BCUT2D eigenvalue weighted by atomic mass is 9.98. The number of anilines is 1. The monoisotopic (exact) mass is 212 g/mol. The number of benzene rings is 2. The summed E-state index contributed by atoms with van der Waals surface area (Å²) >= 11 is 0. The molecule has 0 aromatic heterocycles. The van der Waals surface area contributed by atoms with Crippen LogP contribution in [0, 0.1) is 6.92 Å². The zero-order valence-corrected chi connectivity index (χ0v) is 9.35. The number of nitrogen functional groups attached to an aromatic ring is 1. The first-order valence-corrected chi connectivity index (χ1v) is 5.34. The highest BCUT2D eigenvalue weighted by Gasteiger charge is 2.08. The average molecular weight is 212 g/mol. The topological polar surface area (TPSA) is 52.0 Å². The Labute approximate surface area is 95.9 Å². The predicted octanol–water partition coefficient (Wildman–Crippen LogP) is 2.63. The van der Waals surface area contributed by atoms with Gasteiger partial charge in [0.2, 0.25) is 0 Å². The first-order valence-electron chi connectivity index (χ1n) is 5.34. The summed E-state index contributed by atoms with van der Waals surface area (Å²) in [7, 11) is 0. The molecule has 0 amide bonds. The van der Waals surface area contributed by atoms with Crippen LogP contribution in [-0.2, 0) is 0 Å². The standard InChI is InChI=1S/C14H16N2/c1-10-5-7-11(8-6-10)14(16)12-3-2-4-13(15)9-12/h2-9,14H,15-16H2,1H3. The van der Waals surface area contributed by atoms with E-state index in [9.17, 15) is 0 Å². The van der Waals surface area contributed by atoms with Crippen molar-refractivity contribution in [2.75, 3.05) is 5.73 Å². The Bertz CT molecular complexity index is 474. The second-order valence-electron chi connectivity index (χ2n) is 4.06. The van der Waals surface area contributed by atoms with Crippen molar-refractivity contribution in [3.05, 3.63) is 65.2 Å². The third-order valence-corrected chi connectivity index (χ3v) is 2.71. The Balaban J connectivity index is 2.31. The van der Waals surface area contributed by atoms with Gasteiger partial charge in [-0.3, -0.25) is 0 Å². The first-order chi connectivity index (χ1) is 7.66. The summed E-state index contributed by atoms with van der Waals surface area (Å²) in [4.78, 5) is 0. The van der Waals surface area contributed by atoms with Gasteiger partial charge in [-0.15, -0.1) is 0 Å². The van der Waals surface area contributed by atoms with Crippen LogP contribution in [0.2, 0.25) is 0 Å². The Morgan fingerprint density at radius 1 is 0.938 bits per heavy atom. The fourth-order valence-electron chi connectivity index (χ4n) is 1.72. The summed E-state index contributed by atoms with van der Waals surface area (Å²) in [6.45, 7) is 2.07. The van der Waals surface area contributed by atoms with E-state index in [-0.39, 0.29) is 6.04 Å². The van der Waals surface area contributed by atoms with Crippen molar-refractivity contribution >= 4 is 5.69 Å². The molecule has 16 heavy (non-hydrogen) atoms. The maximum atomic E-state index is 6.18. The number of aryl methyl sites for hydroxylation is 1. The van der Waals surface area contributed by atoms with Crippen molar-refractivity contribution in [2.45, 2.75) is 13.0 Å². The molecule has 0 spiro atoms. The molecule has 2 aromatic rings. The van der Waals surface area contributed by atoms with Gasteiger partial charge in [0.15, 0.2) is 0 Å². The van der Waals surface area contributed by atoms with Crippen LogP contribution in [0.5, 0.6) is 0 Å². The van der Waals surface area contributed by atoms with Crippen LogP contribution in [0.15, 0.2) is 48.5 Å². The molecular formula is C14H16N2. The van der Waals surface area contributed by atoms with E-state index in [0.717, 1.165) is 16.8 Å². The van der Waals surface area contributed by atoms with Crippen LogP contribution >= 0.6 is 0 Å². The summed E-state index contributed by atoms with van der Waals surface area (Å²) in [6, 6.07) is 15.9. The Morgan fingerprint density at radius 2 is 1.62 bits per heavy atom. The molecule has 2 aromatic carbocycles. The molecule has 0 radical (unpaired) electrons. The number of nitrogens with two attached hydrogens (primary N) is 2.